The van der Waals surface area contributed by atoms with E-state index in [2.05, 4.69) is 20.9 Å². The maximum Gasteiger partial charge on any atom is 0.342 e. The third kappa shape index (κ3) is 8.00. The van der Waals surface area contributed by atoms with Crippen molar-refractivity contribution < 1.29 is 38.2 Å². The van der Waals surface area contributed by atoms with Crippen molar-refractivity contribution in [3.63, 3.8) is 0 Å². The lowest BCUT2D eigenvalue weighted by Crippen LogP contribution is -2.53. The molecule has 240 valence electrons. The zero-order chi connectivity index (χ0) is 32.7. The summed E-state index contributed by atoms with van der Waals surface area (Å²) in [6, 6.07) is 9.98. The molecule has 3 atom stereocenters. The summed E-state index contributed by atoms with van der Waals surface area (Å²) in [6.07, 6.45) is 0.800. The molecule has 45 heavy (non-hydrogen) atoms. The number of ether oxygens (including phenoxy) is 3. The Morgan fingerprint density at radius 3 is 2.36 bits per heavy atom. The second-order valence-electron chi connectivity index (χ2n) is 11.5. The summed E-state index contributed by atoms with van der Waals surface area (Å²) < 4.78 is 16.0. The van der Waals surface area contributed by atoms with Crippen LogP contribution in [-0.4, -0.2) is 73.9 Å². The highest BCUT2D eigenvalue weighted by atomic mass is 16.5. The predicted octanol–water partition coefficient (Wildman–Crippen LogP) is 3.08. The average Bonchev–Trinajstić information content (AvgIpc) is 3.64. The first-order valence-corrected chi connectivity index (χ1v) is 14.9. The van der Waals surface area contributed by atoms with E-state index in [1.165, 1.54) is 14.2 Å². The molecule has 1 aromatic heterocycles. The molecule has 2 heterocycles. The Kier molecular flexibility index (Phi) is 10.8. The molecule has 2 aromatic carbocycles. The van der Waals surface area contributed by atoms with Gasteiger partial charge in [0.25, 0.3) is 5.91 Å². The molecule has 3 aromatic rings. The van der Waals surface area contributed by atoms with Crippen LogP contribution in [0.15, 0.2) is 42.5 Å². The lowest BCUT2D eigenvalue weighted by Gasteiger charge is -2.25. The van der Waals surface area contributed by atoms with Crippen molar-refractivity contribution in [1.82, 2.24) is 20.9 Å². The van der Waals surface area contributed by atoms with Crippen LogP contribution in [0.4, 0.5) is 0 Å². The maximum absolute atomic E-state index is 13.6. The molecule has 0 spiro atoms. The number of carbonyl (C=O) groups is 5. The summed E-state index contributed by atoms with van der Waals surface area (Å²) in [5.41, 5.74) is 1.74. The van der Waals surface area contributed by atoms with Crippen LogP contribution in [0, 0.1) is 18.8 Å². The van der Waals surface area contributed by atoms with Crippen LogP contribution in [-0.2, 0) is 19.1 Å². The number of esters is 1. The van der Waals surface area contributed by atoms with Gasteiger partial charge in [-0.15, -0.1) is 0 Å². The zero-order valence-corrected chi connectivity index (χ0v) is 26.2. The third-order valence-corrected chi connectivity index (χ3v) is 7.81. The molecule has 12 heteroatoms. The summed E-state index contributed by atoms with van der Waals surface area (Å²) in [4.78, 5) is 68.7. The molecule has 0 saturated carbocycles. The van der Waals surface area contributed by atoms with E-state index in [1.54, 1.807) is 43.3 Å². The van der Waals surface area contributed by atoms with Gasteiger partial charge in [-0.3, -0.25) is 19.2 Å². The van der Waals surface area contributed by atoms with Gasteiger partial charge in [-0.2, -0.15) is 0 Å². The lowest BCUT2D eigenvalue weighted by molar-refractivity contribution is -0.131. The highest BCUT2D eigenvalue weighted by Crippen LogP contribution is 2.26. The number of hydrogen-bond acceptors (Lipinski definition) is 8. The molecule has 1 aliphatic heterocycles. The standard InChI is InChI=1S/C33H40N4O8/c1-18(2)14-24(37-32(41)25-16-21-22(35-25)9-7-10-27(21)43-4)31(40)36-23(15-20-12-13-34-30(20)39)26(38)17-45-33(42)29-19(3)8-6-11-28(29)44-5/h6-11,16,18,20,23-24,35H,12-15,17H2,1-5H3,(H,34,39)(H,36,40)(H,37,41)/t20-,23-,24-/m0/s1. The molecule has 4 rings (SSSR count). The summed E-state index contributed by atoms with van der Waals surface area (Å²) in [7, 11) is 2.97. The van der Waals surface area contributed by atoms with Crippen LogP contribution in [0.3, 0.4) is 0 Å². The number of aromatic nitrogens is 1. The SMILES string of the molecule is COc1cccc(C)c1C(=O)OCC(=O)[C@H](C[C@@H]1CCNC1=O)NC(=O)[C@H](CC(C)C)NC(=O)c1cc2c(OC)cccc2[nH]1. The number of benzene rings is 2. The first-order valence-electron chi connectivity index (χ1n) is 14.9. The molecule has 3 amide bonds. The van der Waals surface area contributed by atoms with Crippen molar-refractivity contribution >= 4 is 40.4 Å². The van der Waals surface area contributed by atoms with Crippen LogP contribution in [0.5, 0.6) is 11.5 Å². The number of aromatic amines is 1. The van der Waals surface area contributed by atoms with Crippen LogP contribution in [0.25, 0.3) is 10.9 Å². The topological polar surface area (TPSA) is 165 Å². The Balaban J connectivity index is 1.50. The average molecular weight is 621 g/mol. The van der Waals surface area contributed by atoms with Gasteiger partial charge in [-0.25, -0.2) is 4.79 Å². The number of aryl methyl sites for hydroxylation is 1. The molecule has 1 aliphatic rings. The minimum absolute atomic E-state index is 0.0173. The van der Waals surface area contributed by atoms with Crippen molar-refractivity contribution in [3.05, 3.63) is 59.3 Å². The van der Waals surface area contributed by atoms with Crippen molar-refractivity contribution in [2.75, 3.05) is 27.4 Å². The molecular weight excluding hydrogens is 580 g/mol. The van der Waals surface area contributed by atoms with E-state index in [9.17, 15) is 24.0 Å². The van der Waals surface area contributed by atoms with Gasteiger partial charge < -0.3 is 35.1 Å². The van der Waals surface area contributed by atoms with E-state index in [0.29, 0.717) is 40.9 Å². The van der Waals surface area contributed by atoms with Gasteiger partial charge in [0.15, 0.2) is 12.4 Å². The van der Waals surface area contributed by atoms with Gasteiger partial charge >= 0.3 is 5.97 Å². The van der Waals surface area contributed by atoms with Gasteiger partial charge in [0.1, 0.15) is 28.8 Å². The molecule has 4 N–H and O–H groups in total. The molecule has 0 radical (unpaired) electrons. The largest absolute Gasteiger partial charge is 0.496 e. The van der Waals surface area contributed by atoms with Gasteiger partial charge in [0.05, 0.1) is 20.3 Å². The number of amides is 3. The number of rotatable bonds is 14. The number of fused-ring (bicyclic) bond motifs is 1. The molecule has 12 nitrogen and oxygen atoms in total. The van der Waals surface area contributed by atoms with Crippen molar-refractivity contribution in [2.24, 2.45) is 11.8 Å². The molecular formula is C33H40N4O8. The van der Waals surface area contributed by atoms with Crippen molar-refractivity contribution in [3.8, 4) is 11.5 Å². The molecule has 0 bridgehead atoms. The maximum atomic E-state index is 13.6. The first kappa shape index (κ1) is 33.0. The Bertz CT molecular complexity index is 1580. The van der Waals surface area contributed by atoms with Gasteiger partial charge in [-0.1, -0.05) is 32.0 Å². The Morgan fingerprint density at radius 2 is 1.69 bits per heavy atom. The monoisotopic (exact) mass is 620 g/mol. The quantitative estimate of drug-likeness (QED) is 0.200. The summed E-state index contributed by atoms with van der Waals surface area (Å²) >= 11 is 0. The van der Waals surface area contributed by atoms with E-state index in [4.69, 9.17) is 14.2 Å². The van der Waals surface area contributed by atoms with Gasteiger partial charge in [-0.05, 0) is 61.9 Å². The molecule has 0 aliphatic carbocycles. The minimum atomic E-state index is -1.14. The number of Topliss-reactive ketones (excluding diaryl/α,β-unsaturated/α-hetero) is 1. The number of methoxy groups -OCH3 is 2. The van der Waals surface area contributed by atoms with Crippen LogP contribution in [0.2, 0.25) is 0 Å². The zero-order valence-electron chi connectivity index (χ0n) is 26.2. The molecule has 1 fully saturated rings. The summed E-state index contributed by atoms with van der Waals surface area (Å²) in [6.45, 7) is 5.36. The highest BCUT2D eigenvalue weighted by molar-refractivity contribution is 6.02. The fourth-order valence-corrected chi connectivity index (χ4v) is 5.45. The van der Waals surface area contributed by atoms with Crippen LogP contribution >= 0.6 is 0 Å². The molecule has 1 saturated heterocycles. The third-order valence-electron chi connectivity index (χ3n) is 7.81. The summed E-state index contributed by atoms with van der Waals surface area (Å²) in [5, 5.41) is 8.98. The Morgan fingerprint density at radius 1 is 0.978 bits per heavy atom. The second-order valence-corrected chi connectivity index (χ2v) is 11.5. The van der Waals surface area contributed by atoms with E-state index in [-0.39, 0.29) is 35.9 Å². The van der Waals surface area contributed by atoms with Crippen molar-refractivity contribution in [2.45, 2.75) is 52.1 Å². The Labute approximate surface area is 261 Å². The van der Waals surface area contributed by atoms with Crippen molar-refractivity contribution in [1.29, 1.82) is 0 Å². The minimum Gasteiger partial charge on any atom is -0.496 e. The summed E-state index contributed by atoms with van der Waals surface area (Å²) in [5.74, 6) is -2.23. The van der Waals surface area contributed by atoms with E-state index < -0.39 is 48.2 Å². The van der Waals surface area contributed by atoms with E-state index in [0.717, 1.165) is 0 Å². The normalized spacial score (nSPS) is 15.7. The molecule has 0 unspecified atom stereocenters. The Hall–Kier alpha value is -4.87. The number of H-pyrrole nitrogens is 1. The lowest BCUT2D eigenvalue weighted by atomic mass is 9.95. The van der Waals surface area contributed by atoms with E-state index in [1.807, 2.05) is 19.9 Å². The number of hydrogen-bond donors (Lipinski definition) is 4. The van der Waals surface area contributed by atoms with Crippen LogP contribution < -0.4 is 25.4 Å². The van der Waals surface area contributed by atoms with Gasteiger partial charge in [0, 0.05) is 23.4 Å². The van der Waals surface area contributed by atoms with E-state index >= 15 is 0 Å². The predicted molar refractivity (Wildman–Crippen MR) is 166 cm³/mol. The smallest absolute Gasteiger partial charge is 0.342 e. The van der Waals surface area contributed by atoms with Gasteiger partial charge in [0.2, 0.25) is 11.8 Å². The first-order chi connectivity index (χ1) is 21.5. The highest BCUT2D eigenvalue weighted by Gasteiger charge is 2.34. The fraction of sp³-hybridized carbons (Fsp3) is 0.424. The second kappa shape index (κ2) is 14.7. The fourth-order valence-electron chi connectivity index (χ4n) is 5.45. The number of carbonyl (C=O) groups excluding carboxylic acids is 5. The van der Waals surface area contributed by atoms with Crippen LogP contribution in [0.1, 0.15) is 59.5 Å². The number of nitrogens with one attached hydrogen (secondary N) is 4. The number of ketones is 1.